The van der Waals surface area contributed by atoms with Crippen molar-refractivity contribution in [1.29, 1.82) is 0 Å². The Morgan fingerprint density at radius 2 is 1.60 bits per heavy atom. The maximum Gasteiger partial charge on any atom is 0.119 e. The third-order valence-corrected chi connectivity index (χ3v) is 2.49. The summed E-state index contributed by atoms with van der Waals surface area (Å²) >= 11 is 3.39. The molecular formula is C12H17BrO2. The predicted octanol–water partition coefficient (Wildman–Crippen LogP) is 3.64. The maximum absolute atomic E-state index is 5.56. The second-order valence-corrected chi connectivity index (χ2v) is 3.94. The molecule has 84 valence electrons. The lowest BCUT2D eigenvalue weighted by Gasteiger charge is -2.07. The zero-order chi connectivity index (χ0) is 10.9. The van der Waals surface area contributed by atoms with E-state index in [0.717, 1.165) is 36.3 Å². The summed E-state index contributed by atoms with van der Waals surface area (Å²) in [5.41, 5.74) is 0. The van der Waals surface area contributed by atoms with Crippen LogP contribution >= 0.6 is 15.9 Å². The van der Waals surface area contributed by atoms with Crippen molar-refractivity contribution in [2.24, 2.45) is 0 Å². The van der Waals surface area contributed by atoms with E-state index in [9.17, 15) is 0 Å². The van der Waals surface area contributed by atoms with Gasteiger partial charge in [0, 0.05) is 5.33 Å². The Labute approximate surface area is 99.7 Å². The molecule has 2 nitrogen and oxygen atoms in total. The fourth-order valence-electron chi connectivity index (χ4n) is 1.19. The third-order valence-electron chi connectivity index (χ3n) is 1.93. The molecule has 0 aliphatic carbocycles. The van der Waals surface area contributed by atoms with Gasteiger partial charge in [-0.15, -0.1) is 0 Å². The molecule has 0 amide bonds. The lowest BCUT2D eigenvalue weighted by Crippen LogP contribution is -1.97. The van der Waals surface area contributed by atoms with E-state index in [-0.39, 0.29) is 0 Å². The van der Waals surface area contributed by atoms with E-state index in [4.69, 9.17) is 9.47 Å². The minimum Gasteiger partial charge on any atom is -0.494 e. The molecule has 0 N–H and O–H groups in total. The average molecular weight is 273 g/mol. The van der Waals surface area contributed by atoms with E-state index < -0.39 is 0 Å². The number of hydrogen-bond acceptors (Lipinski definition) is 2. The molecule has 1 rings (SSSR count). The van der Waals surface area contributed by atoms with E-state index in [0.29, 0.717) is 6.61 Å². The van der Waals surface area contributed by atoms with Gasteiger partial charge in [0.15, 0.2) is 0 Å². The number of ether oxygens (including phenoxy) is 2. The van der Waals surface area contributed by atoms with Crippen LogP contribution in [0.5, 0.6) is 11.5 Å². The molecule has 15 heavy (non-hydrogen) atoms. The van der Waals surface area contributed by atoms with E-state index >= 15 is 0 Å². The van der Waals surface area contributed by atoms with Crippen LogP contribution in [0.1, 0.15) is 19.8 Å². The summed E-state index contributed by atoms with van der Waals surface area (Å²) in [5, 5.41) is 1.04. The van der Waals surface area contributed by atoms with Gasteiger partial charge in [-0.05, 0) is 44.0 Å². The number of hydrogen-bond donors (Lipinski definition) is 0. The highest BCUT2D eigenvalue weighted by Crippen LogP contribution is 2.17. The quantitative estimate of drug-likeness (QED) is 0.557. The summed E-state index contributed by atoms with van der Waals surface area (Å²) < 4.78 is 10.9. The van der Waals surface area contributed by atoms with Gasteiger partial charge < -0.3 is 9.47 Å². The van der Waals surface area contributed by atoms with Crippen molar-refractivity contribution in [2.75, 3.05) is 18.5 Å². The van der Waals surface area contributed by atoms with Crippen LogP contribution in [0.15, 0.2) is 24.3 Å². The van der Waals surface area contributed by atoms with E-state index in [2.05, 4.69) is 15.9 Å². The van der Waals surface area contributed by atoms with Crippen molar-refractivity contribution in [3.05, 3.63) is 24.3 Å². The lowest BCUT2D eigenvalue weighted by molar-refractivity contribution is 0.307. The fourth-order valence-corrected chi connectivity index (χ4v) is 1.58. The van der Waals surface area contributed by atoms with Crippen molar-refractivity contribution < 1.29 is 9.47 Å². The molecule has 0 spiro atoms. The van der Waals surface area contributed by atoms with Gasteiger partial charge in [-0.2, -0.15) is 0 Å². The fraction of sp³-hybridized carbons (Fsp3) is 0.500. The highest BCUT2D eigenvalue weighted by atomic mass is 79.9. The summed E-state index contributed by atoms with van der Waals surface area (Å²) in [7, 11) is 0. The molecule has 0 aliphatic rings. The van der Waals surface area contributed by atoms with Crippen LogP contribution in [0, 0.1) is 0 Å². The molecule has 0 saturated carbocycles. The summed E-state index contributed by atoms with van der Waals surface area (Å²) in [5.74, 6) is 1.80. The van der Waals surface area contributed by atoms with Gasteiger partial charge in [0.05, 0.1) is 13.2 Å². The normalized spacial score (nSPS) is 10.0. The third kappa shape index (κ3) is 5.07. The lowest BCUT2D eigenvalue weighted by atomic mass is 10.3. The zero-order valence-electron chi connectivity index (χ0n) is 9.04. The van der Waals surface area contributed by atoms with Crippen LogP contribution in [0.25, 0.3) is 0 Å². The highest BCUT2D eigenvalue weighted by Gasteiger charge is 1.95. The first-order chi connectivity index (χ1) is 7.36. The minimum absolute atomic E-state index is 0.700. The van der Waals surface area contributed by atoms with E-state index in [1.54, 1.807) is 0 Å². The Morgan fingerprint density at radius 1 is 1.00 bits per heavy atom. The zero-order valence-corrected chi connectivity index (χ0v) is 10.6. The van der Waals surface area contributed by atoms with E-state index in [1.165, 1.54) is 0 Å². The monoisotopic (exact) mass is 272 g/mol. The predicted molar refractivity (Wildman–Crippen MR) is 66.1 cm³/mol. The molecule has 3 heteroatoms. The number of unbranched alkanes of at least 4 members (excludes halogenated alkanes) is 1. The van der Waals surface area contributed by atoms with Gasteiger partial charge >= 0.3 is 0 Å². The maximum atomic E-state index is 5.56. The Bertz CT molecular complexity index is 259. The second kappa shape index (κ2) is 7.57. The molecule has 1 aromatic carbocycles. The first-order valence-electron chi connectivity index (χ1n) is 5.28. The van der Waals surface area contributed by atoms with Crippen LogP contribution in [-0.2, 0) is 0 Å². The average Bonchev–Trinajstić information content (AvgIpc) is 2.27. The van der Waals surface area contributed by atoms with Crippen molar-refractivity contribution in [2.45, 2.75) is 19.8 Å². The summed E-state index contributed by atoms with van der Waals surface area (Å²) in [4.78, 5) is 0. The molecule has 0 fully saturated rings. The standard InChI is InChI=1S/C12H17BrO2/c1-2-14-11-5-7-12(8-6-11)15-10-4-3-9-13/h5-8H,2-4,9-10H2,1H3. The summed E-state index contributed by atoms with van der Waals surface area (Å²) in [6.07, 6.45) is 2.23. The summed E-state index contributed by atoms with van der Waals surface area (Å²) in [6.45, 7) is 3.45. The Hall–Kier alpha value is -0.700. The van der Waals surface area contributed by atoms with Crippen molar-refractivity contribution >= 4 is 15.9 Å². The molecule has 0 atom stereocenters. The number of alkyl halides is 1. The smallest absolute Gasteiger partial charge is 0.119 e. The molecule has 0 saturated heterocycles. The summed E-state index contributed by atoms with van der Waals surface area (Å²) in [6, 6.07) is 7.75. The van der Waals surface area contributed by atoms with Gasteiger partial charge in [-0.25, -0.2) is 0 Å². The Balaban J connectivity index is 2.29. The minimum atomic E-state index is 0.700. The molecule has 0 unspecified atom stereocenters. The van der Waals surface area contributed by atoms with Gasteiger partial charge in [0.2, 0.25) is 0 Å². The van der Waals surface area contributed by atoms with Gasteiger partial charge in [-0.3, -0.25) is 0 Å². The van der Waals surface area contributed by atoms with Crippen LogP contribution in [-0.4, -0.2) is 18.5 Å². The highest BCUT2D eigenvalue weighted by molar-refractivity contribution is 9.09. The van der Waals surface area contributed by atoms with E-state index in [1.807, 2.05) is 31.2 Å². The largest absolute Gasteiger partial charge is 0.494 e. The number of rotatable bonds is 7. The van der Waals surface area contributed by atoms with Crippen LogP contribution in [0.3, 0.4) is 0 Å². The molecule has 0 aromatic heterocycles. The Morgan fingerprint density at radius 3 is 2.13 bits per heavy atom. The van der Waals surface area contributed by atoms with Gasteiger partial charge in [0.1, 0.15) is 11.5 Å². The molecule has 0 aliphatic heterocycles. The van der Waals surface area contributed by atoms with Crippen molar-refractivity contribution in [1.82, 2.24) is 0 Å². The second-order valence-electron chi connectivity index (χ2n) is 3.15. The van der Waals surface area contributed by atoms with Crippen LogP contribution in [0.4, 0.5) is 0 Å². The van der Waals surface area contributed by atoms with Crippen molar-refractivity contribution in [3.8, 4) is 11.5 Å². The van der Waals surface area contributed by atoms with Crippen LogP contribution in [0.2, 0.25) is 0 Å². The molecule has 0 radical (unpaired) electrons. The van der Waals surface area contributed by atoms with Gasteiger partial charge in [0.25, 0.3) is 0 Å². The topological polar surface area (TPSA) is 18.5 Å². The molecule has 0 bridgehead atoms. The molecular weight excluding hydrogens is 256 g/mol. The Kier molecular flexibility index (Phi) is 6.25. The first kappa shape index (κ1) is 12.4. The number of halogens is 1. The SMILES string of the molecule is CCOc1ccc(OCCCCBr)cc1. The molecule has 1 aromatic rings. The molecule has 0 heterocycles. The van der Waals surface area contributed by atoms with Gasteiger partial charge in [-0.1, -0.05) is 15.9 Å². The first-order valence-corrected chi connectivity index (χ1v) is 6.40. The van der Waals surface area contributed by atoms with Crippen molar-refractivity contribution in [3.63, 3.8) is 0 Å². The van der Waals surface area contributed by atoms with Crippen LogP contribution < -0.4 is 9.47 Å². The number of benzene rings is 1.